The average Bonchev–Trinajstić information content (AvgIpc) is 2.55. The van der Waals surface area contributed by atoms with Crippen molar-refractivity contribution in [3.05, 3.63) is 10.1 Å². The number of rotatable bonds is 13. The van der Waals surface area contributed by atoms with Crippen LogP contribution in [0.4, 0.5) is 0 Å². The van der Waals surface area contributed by atoms with E-state index in [2.05, 4.69) is 0 Å². The smallest absolute Gasteiger partial charge is 0.256 e. The van der Waals surface area contributed by atoms with Crippen molar-refractivity contribution in [2.45, 2.75) is 37.8 Å². The third-order valence-electron chi connectivity index (χ3n) is 4.71. The van der Waals surface area contributed by atoms with Crippen molar-refractivity contribution >= 4 is 0 Å². The molecule has 0 aromatic rings. The molecular formula is C14H32N4O6. The molecule has 2 atom stereocenters. The summed E-state index contributed by atoms with van der Waals surface area (Å²) >= 11 is 0. The second-order valence-electron chi connectivity index (χ2n) is 6.49. The summed E-state index contributed by atoms with van der Waals surface area (Å²) in [6, 6.07) is 0. The van der Waals surface area contributed by atoms with Crippen molar-refractivity contribution in [2.24, 2.45) is 0 Å². The highest BCUT2D eigenvalue weighted by Gasteiger charge is 2.41. The SMILES string of the molecule is CCC(CO)(CN(C)CCN(C)CC(CC)(CO)[N+](=O)[O-])N(O)O. The molecule has 0 aliphatic rings. The Morgan fingerprint density at radius 2 is 1.46 bits per heavy atom. The lowest BCUT2D eigenvalue weighted by molar-refractivity contribution is -0.574. The highest BCUT2D eigenvalue weighted by molar-refractivity contribution is 4.86. The molecule has 0 radical (unpaired) electrons. The van der Waals surface area contributed by atoms with Gasteiger partial charge in [0.05, 0.1) is 13.2 Å². The maximum absolute atomic E-state index is 11.2. The van der Waals surface area contributed by atoms with Crippen molar-refractivity contribution < 1.29 is 25.6 Å². The number of nitrogens with zero attached hydrogens (tertiary/aromatic N) is 4. The molecule has 4 N–H and O–H groups in total. The van der Waals surface area contributed by atoms with Gasteiger partial charge in [0.2, 0.25) is 0 Å². The summed E-state index contributed by atoms with van der Waals surface area (Å²) in [5.74, 6) is 0. The van der Waals surface area contributed by atoms with Crippen LogP contribution in [0.3, 0.4) is 0 Å². The molecule has 0 aromatic carbocycles. The van der Waals surface area contributed by atoms with Gasteiger partial charge in [-0.2, -0.15) is 0 Å². The third-order valence-corrected chi connectivity index (χ3v) is 4.71. The van der Waals surface area contributed by atoms with Gasteiger partial charge in [-0.05, 0) is 20.5 Å². The van der Waals surface area contributed by atoms with E-state index >= 15 is 0 Å². The van der Waals surface area contributed by atoms with Gasteiger partial charge in [-0.3, -0.25) is 25.4 Å². The topological polar surface area (TPSA) is 134 Å². The fourth-order valence-corrected chi connectivity index (χ4v) is 2.56. The van der Waals surface area contributed by atoms with Gasteiger partial charge in [-0.15, -0.1) is 0 Å². The Morgan fingerprint density at radius 3 is 1.75 bits per heavy atom. The molecule has 24 heavy (non-hydrogen) atoms. The van der Waals surface area contributed by atoms with Crippen LogP contribution in [0.1, 0.15) is 26.7 Å². The second kappa shape index (κ2) is 10.2. The van der Waals surface area contributed by atoms with E-state index in [1.54, 1.807) is 32.8 Å². The molecule has 0 bridgehead atoms. The van der Waals surface area contributed by atoms with Gasteiger partial charge >= 0.3 is 0 Å². The van der Waals surface area contributed by atoms with Crippen molar-refractivity contribution in [1.29, 1.82) is 0 Å². The molecule has 0 heterocycles. The maximum Gasteiger partial charge on any atom is 0.256 e. The molecule has 0 saturated carbocycles. The van der Waals surface area contributed by atoms with Crippen LogP contribution in [-0.2, 0) is 0 Å². The molecule has 0 aromatic heterocycles. The Labute approximate surface area is 143 Å². The molecule has 0 rings (SSSR count). The molecule has 0 aliphatic carbocycles. The molecule has 0 amide bonds. The fourth-order valence-electron chi connectivity index (χ4n) is 2.56. The number of nitro groups is 1. The second-order valence-corrected chi connectivity index (χ2v) is 6.49. The maximum atomic E-state index is 11.2. The molecule has 10 heteroatoms. The van der Waals surface area contributed by atoms with E-state index in [1.807, 2.05) is 4.90 Å². The lowest BCUT2D eigenvalue weighted by atomic mass is 9.97. The first-order valence-corrected chi connectivity index (χ1v) is 8.04. The first-order valence-electron chi connectivity index (χ1n) is 8.04. The van der Waals surface area contributed by atoms with Crippen LogP contribution in [-0.4, -0.2) is 105 Å². The molecular weight excluding hydrogens is 320 g/mol. The normalized spacial score (nSPS) is 17.3. The van der Waals surface area contributed by atoms with Gasteiger partial charge in [-0.25, -0.2) is 0 Å². The van der Waals surface area contributed by atoms with Crippen LogP contribution in [0.25, 0.3) is 0 Å². The van der Waals surface area contributed by atoms with Crippen LogP contribution in [0.15, 0.2) is 0 Å². The Balaban J connectivity index is 4.64. The lowest BCUT2D eigenvalue weighted by Gasteiger charge is -2.37. The Kier molecular flexibility index (Phi) is 9.81. The van der Waals surface area contributed by atoms with Gasteiger partial charge in [0, 0.05) is 31.0 Å². The van der Waals surface area contributed by atoms with E-state index in [4.69, 9.17) is 0 Å². The first-order chi connectivity index (χ1) is 11.1. The number of likely N-dealkylation sites (N-methyl/N-ethyl adjacent to an activating group) is 2. The Hall–Kier alpha value is -0.880. The number of hydrogen-bond donors (Lipinski definition) is 4. The standard InChI is InChI=1S/C14H32N4O6/c1-5-13(11-19,17(21)22)9-15(3)7-8-16(4)10-14(6-2,12-20)18(23)24/h19-22H,5-12H2,1-4H3. The zero-order valence-electron chi connectivity index (χ0n) is 15.1. The average molecular weight is 352 g/mol. The van der Waals surface area contributed by atoms with Crippen LogP contribution in [0.2, 0.25) is 0 Å². The minimum absolute atomic E-state index is 0.0494. The summed E-state index contributed by atoms with van der Waals surface area (Å²) < 4.78 is 0. The number of aliphatic hydroxyl groups is 2. The summed E-state index contributed by atoms with van der Waals surface area (Å²) in [6.07, 6.45) is 0.561. The van der Waals surface area contributed by atoms with Gasteiger partial charge < -0.3 is 15.1 Å². The van der Waals surface area contributed by atoms with Gasteiger partial charge in [0.15, 0.2) is 0 Å². The van der Waals surface area contributed by atoms with Crippen molar-refractivity contribution in [3.8, 4) is 0 Å². The van der Waals surface area contributed by atoms with Gasteiger partial charge in [-0.1, -0.05) is 19.1 Å². The highest BCUT2D eigenvalue weighted by atomic mass is 16.8. The van der Waals surface area contributed by atoms with Crippen LogP contribution in [0, 0.1) is 10.1 Å². The molecule has 0 fully saturated rings. The van der Waals surface area contributed by atoms with Gasteiger partial charge in [0.25, 0.3) is 5.54 Å². The number of hydrogen-bond acceptors (Lipinski definition) is 9. The van der Waals surface area contributed by atoms with E-state index in [0.29, 0.717) is 19.5 Å². The predicted molar refractivity (Wildman–Crippen MR) is 87.6 cm³/mol. The van der Waals surface area contributed by atoms with E-state index in [0.717, 1.165) is 0 Å². The van der Waals surface area contributed by atoms with Crippen LogP contribution >= 0.6 is 0 Å². The first kappa shape index (κ1) is 23.1. The zero-order valence-corrected chi connectivity index (χ0v) is 15.1. The molecule has 144 valence electrons. The minimum atomic E-state index is -1.38. The zero-order chi connectivity index (χ0) is 19.0. The highest BCUT2D eigenvalue weighted by Crippen LogP contribution is 2.18. The van der Waals surface area contributed by atoms with Crippen LogP contribution < -0.4 is 0 Å². The molecule has 0 saturated heterocycles. The minimum Gasteiger partial charge on any atom is -0.394 e. The quantitative estimate of drug-likeness (QED) is 0.255. The Bertz CT molecular complexity index is 374. The van der Waals surface area contributed by atoms with Crippen molar-refractivity contribution in [1.82, 2.24) is 15.0 Å². The monoisotopic (exact) mass is 352 g/mol. The summed E-state index contributed by atoms with van der Waals surface area (Å²) in [5.41, 5.74) is -2.55. The molecule has 10 nitrogen and oxygen atoms in total. The summed E-state index contributed by atoms with van der Waals surface area (Å²) in [5, 5.41) is 48.8. The summed E-state index contributed by atoms with van der Waals surface area (Å²) in [4.78, 5) is 14.4. The molecule has 2 unspecified atom stereocenters. The lowest BCUT2D eigenvalue weighted by Crippen LogP contribution is -2.56. The largest absolute Gasteiger partial charge is 0.394 e. The molecule has 0 aliphatic heterocycles. The fraction of sp³-hybridized carbons (Fsp3) is 1.00. The summed E-state index contributed by atoms with van der Waals surface area (Å²) in [7, 11) is 3.50. The van der Waals surface area contributed by atoms with Crippen LogP contribution in [0.5, 0.6) is 0 Å². The van der Waals surface area contributed by atoms with Crippen molar-refractivity contribution in [3.63, 3.8) is 0 Å². The summed E-state index contributed by atoms with van der Waals surface area (Å²) in [6.45, 7) is 3.81. The number of hydroxylamine groups is 2. The third kappa shape index (κ3) is 5.88. The molecule has 0 spiro atoms. The Morgan fingerprint density at radius 1 is 0.958 bits per heavy atom. The van der Waals surface area contributed by atoms with E-state index < -0.39 is 29.2 Å². The van der Waals surface area contributed by atoms with Crippen molar-refractivity contribution in [2.75, 3.05) is 53.5 Å². The van der Waals surface area contributed by atoms with E-state index in [9.17, 15) is 30.7 Å². The van der Waals surface area contributed by atoms with E-state index in [-0.39, 0.29) is 24.7 Å². The van der Waals surface area contributed by atoms with E-state index in [1.165, 1.54) is 0 Å². The predicted octanol–water partition coefficient (Wildman–Crippen LogP) is -0.511. The van der Waals surface area contributed by atoms with Gasteiger partial charge in [0.1, 0.15) is 12.1 Å². The number of aliphatic hydroxyl groups excluding tert-OH is 2.